The van der Waals surface area contributed by atoms with Crippen LogP contribution in [0.1, 0.15) is 12.8 Å². The minimum atomic E-state index is -0.0563. The molecule has 1 unspecified atom stereocenters. The van der Waals surface area contributed by atoms with E-state index in [1.807, 2.05) is 13.2 Å². The van der Waals surface area contributed by atoms with Gasteiger partial charge in [-0.1, -0.05) is 18.2 Å². The summed E-state index contributed by atoms with van der Waals surface area (Å²) in [5.74, 6) is 0.912. The van der Waals surface area contributed by atoms with E-state index in [0.29, 0.717) is 23.3 Å². The molecule has 0 aliphatic carbocycles. The van der Waals surface area contributed by atoms with E-state index in [1.54, 1.807) is 22.0 Å². The lowest BCUT2D eigenvalue weighted by atomic mass is 10.1. The van der Waals surface area contributed by atoms with Crippen molar-refractivity contribution < 1.29 is 4.79 Å². The van der Waals surface area contributed by atoms with Crippen LogP contribution in [-0.4, -0.2) is 49.7 Å². The average molecular weight is 362 g/mol. The highest BCUT2D eigenvalue weighted by molar-refractivity contribution is 6.32. The van der Waals surface area contributed by atoms with Gasteiger partial charge in [0.25, 0.3) is 0 Å². The van der Waals surface area contributed by atoms with Crippen molar-refractivity contribution in [1.29, 1.82) is 0 Å². The van der Waals surface area contributed by atoms with Crippen LogP contribution in [-0.2, 0) is 11.8 Å². The summed E-state index contributed by atoms with van der Waals surface area (Å²) in [5.41, 5.74) is 0.788. The summed E-state index contributed by atoms with van der Waals surface area (Å²) in [6.45, 7) is 4.88. The third-order valence-electron chi connectivity index (χ3n) is 3.95. The molecule has 1 saturated heterocycles. The lowest BCUT2D eigenvalue weighted by molar-refractivity contribution is -0.127. The van der Waals surface area contributed by atoms with Crippen LogP contribution in [0.15, 0.2) is 31.2 Å². The summed E-state index contributed by atoms with van der Waals surface area (Å²) in [6, 6.07) is 0.0799. The van der Waals surface area contributed by atoms with Crippen LogP contribution in [0, 0.1) is 0 Å². The topological polar surface area (TPSA) is 88.0 Å². The first kappa shape index (κ1) is 17.2. The van der Waals surface area contributed by atoms with Crippen molar-refractivity contribution in [2.24, 2.45) is 7.05 Å². The fourth-order valence-electron chi connectivity index (χ4n) is 2.76. The quantitative estimate of drug-likeness (QED) is 0.794. The van der Waals surface area contributed by atoms with Gasteiger partial charge in [-0.15, -0.1) is 0 Å². The van der Waals surface area contributed by atoms with Gasteiger partial charge in [-0.25, -0.2) is 4.98 Å². The predicted octanol–water partition coefficient (Wildman–Crippen LogP) is 2.20. The van der Waals surface area contributed by atoms with Gasteiger partial charge < -0.3 is 15.5 Å². The highest BCUT2D eigenvalue weighted by Gasteiger charge is 2.23. The lowest BCUT2D eigenvalue weighted by Gasteiger charge is -2.33. The highest BCUT2D eigenvalue weighted by atomic mass is 35.5. The molecule has 1 atom stereocenters. The molecule has 1 aliphatic heterocycles. The zero-order valence-corrected chi connectivity index (χ0v) is 14.7. The van der Waals surface area contributed by atoms with Gasteiger partial charge in [0.1, 0.15) is 5.02 Å². The number of amides is 1. The highest BCUT2D eigenvalue weighted by Crippen LogP contribution is 2.24. The largest absolute Gasteiger partial charge is 0.364 e. The molecule has 132 valence electrons. The fraction of sp³-hybridized carbons (Fsp3) is 0.375. The van der Waals surface area contributed by atoms with Gasteiger partial charge >= 0.3 is 0 Å². The molecular weight excluding hydrogens is 342 g/mol. The summed E-state index contributed by atoms with van der Waals surface area (Å²) in [5, 5.41) is 10.9. The van der Waals surface area contributed by atoms with Crippen molar-refractivity contribution in [3.63, 3.8) is 0 Å². The molecule has 0 radical (unpaired) electrons. The third-order valence-corrected chi connectivity index (χ3v) is 4.23. The molecule has 9 heteroatoms. The Morgan fingerprint density at radius 1 is 1.48 bits per heavy atom. The van der Waals surface area contributed by atoms with Gasteiger partial charge in [0.05, 0.1) is 18.1 Å². The molecule has 0 saturated carbocycles. The number of hydrogen-bond donors (Lipinski definition) is 2. The molecule has 8 nitrogen and oxygen atoms in total. The number of halogens is 1. The molecule has 2 aromatic rings. The number of nitrogens with zero attached hydrogens (tertiary/aromatic N) is 5. The number of rotatable bonds is 5. The molecule has 2 aromatic heterocycles. The maximum absolute atomic E-state index is 11.8. The Bertz CT molecular complexity index is 776. The van der Waals surface area contributed by atoms with Crippen LogP contribution in [0.3, 0.4) is 0 Å². The van der Waals surface area contributed by atoms with Gasteiger partial charge in [-0.05, 0) is 18.9 Å². The number of hydrogen-bond acceptors (Lipinski definition) is 6. The summed E-state index contributed by atoms with van der Waals surface area (Å²) < 4.78 is 1.69. The number of nitrogens with one attached hydrogen (secondary N) is 2. The molecule has 1 fully saturated rings. The van der Waals surface area contributed by atoms with E-state index < -0.39 is 0 Å². The molecule has 3 heterocycles. The minimum Gasteiger partial charge on any atom is -0.364 e. The van der Waals surface area contributed by atoms with Crippen molar-refractivity contribution in [2.75, 3.05) is 23.7 Å². The zero-order chi connectivity index (χ0) is 17.8. The van der Waals surface area contributed by atoms with Crippen molar-refractivity contribution >= 4 is 35.0 Å². The molecule has 3 rings (SSSR count). The number of anilines is 3. The average Bonchev–Trinajstić information content (AvgIpc) is 3.02. The Balaban J connectivity index is 1.70. The summed E-state index contributed by atoms with van der Waals surface area (Å²) in [7, 11) is 1.83. The van der Waals surface area contributed by atoms with Gasteiger partial charge in [0.15, 0.2) is 5.82 Å². The van der Waals surface area contributed by atoms with Gasteiger partial charge in [0.2, 0.25) is 11.9 Å². The third kappa shape index (κ3) is 4.27. The number of likely N-dealkylation sites (tertiary alicyclic amines) is 1. The lowest BCUT2D eigenvalue weighted by Crippen LogP contribution is -2.44. The molecule has 1 aliphatic rings. The summed E-state index contributed by atoms with van der Waals surface area (Å²) >= 11 is 6.22. The Morgan fingerprint density at radius 3 is 3.04 bits per heavy atom. The van der Waals surface area contributed by atoms with Gasteiger partial charge in [-0.2, -0.15) is 10.1 Å². The van der Waals surface area contributed by atoms with E-state index in [0.717, 1.165) is 25.1 Å². The van der Waals surface area contributed by atoms with Crippen LogP contribution in [0.2, 0.25) is 5.02 Å². The summed E-state index contributed by atoms with van der Waals surface area (Å²) in [6.07, 6.45) is 8.25. The van der Waals surface area contributed by atoms with Crippen LogP contribution in [0.5, 0.6) is 0 Å². The first-order chi connectivity index (χ1) is 12.0. The predicted molar refractivity (Wildman–Crippen MR) is 97.0 cm³/mol. The standard InChI is InChI=1S/C16H20ClN7O/c1-3-14(25)24-6-4-5-11(10-24)20-15-13(17)8-18-16(22-15)21-12-7-19-23(2)9-12/h3,7-9,11H,1,4-6,10H2,2H3,(H2,18,20,21,22). The second-order valence-electron chi connectivity index (χ2n) is 5.89. The van der Waals surface area contributed by atoms with Crippen LogP contribution >= 0.6 is 11.6 Å². The minimum absolute atomic E-state index is 0.0563. The van der Waals surface area contributed by atoms with Gasteiger partial charge in [-0.3, -0.25) is 9.48 Å². The maximum Gasteiger partial charge on any atom is 0.246 e. The molecule has 2 N–H and O–H groups in total. The van der Waals surface area contributed by atoms with Gasteiger partial charge in [0, 0.05) is 32.4 Å². The van der Waals surface area contributed by atoms with E-state index in [2.05, 4.69) is 32.3 Å². The van der Waals surface area contributed by atoms with E-state index in [9.17, 15) is 4.79 Å². The normalized spacial score (nSPS) is 17.2. The molecule has 25 heavy (non-hydrogen) atoms. The summed E-state index contributed by atoms with van der Waals surface area (Å²) in [4.78, 5) is 22.2. The first-order valence-corrected chi connectivity index (χ1v) is 8.39. The zero-order valence-electron chi connectivity index (χ0n) is 13.9. The van der Waals surface area contributed by atoms with Crippen molar-refractivity contribution in [1.82, 2.24) is 24.6 Å². The smallest absolute Gasteiger partial charge is 0.246 e. The Morgan fingerprint density at radius 2 is 2.32 bits per heavy atom. The Kier molecular flexibility index (Phi) is 5.18. The van der Waals surface area contributed by atoms with Crippen molar-refractivity contribution in [3.05, 3.63) is 36.3 Å². The fourth-order valence-corrected chi connectivity index (χ4v) is 2.91. The van der Waals surface area contributed by atoms with E-state index in [1.165, 1.54) is 6.08 Å². The maximum atomic E-state index is 11.8. The molecule has 0 aromatic carbocycles. The molecule has 0 spiro atoms. The Hall–Kier alpha value is -2.61. The van der Waals surface area contributed by atoms with E-state index >= 15 is 0 Å². The Labute approximate surface area is 150 Å². The SMILES string of the molecule is C=CC(=O)N1CCCC(Nc2nc(Nc3cnn(C)c3)ncc2Cl)C1. The van der Waals surface area contributed by atoms with Crippen LogP contribution < -0.4 is 10.6 Å². The molecule has 0 bridgehead atoms. The second-order valence-corrected chi connectivity index (χ2v) is 6.30. The van der Waals surface area contributed by atoms with Crippen LogP contribution in [0.4, 0.5) is 17.5 Å². The number of carbonyl (C=O) groups excluding carboxylic acids is 1. The number of piperidine rings is 1. The van der Waals surface area contributed by atoms with Crippen LogP contribution in [0.25, 0.3) is 0 Å². The number of carbonyl (C=O) groups is 1. The first-order valence-electron chi connectivity index (χ1n) is 8.01. The molecule has 1 amide bonds. The monoisotopic (exact) mass is 361 g/mol. The van der Waals surface area contributed by atoms with E-state index in [-0.39, 0.29) is 11.9 Å². The second kappa shape index (κ2) is 7.52. The van der Waals surface area contributed by atoms with Crippen molar-refractivity contribution in [3.8, 4) is 0 Å². The van der Waals surface area contributed by atoms with E-state index in [4.69, 9.17) is 11.6 Å². The van der Waals surface area contributed by atoms with Crippen molar-refractivity contribution in [2.45, 2.75) is 18.9 Å². The molecular formula is C16H20ClN7O. The number of aromatic nitrogens is 4. The number of aryl methyl sites for hydroxylation is 1.